The zero-order chi connectivity index (χ0) is 29.1. The van der Waals surface area contributed by atoms with Crippen LogP contribution in [0.4, 0.5) is 5.69 Å². The topological polar surface area (TPSA) is 141 Å². The third-order valence-corrected chi connectivity index (χ3v) is 5.66. The average molecular weight is 581 g/mol. The van der Waals surface area contributed by atoms with E-state index in [0.717, 1.165) is 0 Å². The van der Waals surface area contributed by atoms with Gasteiger partial charge in [-0.15, -0.1) is 0 Å². The van der Waals surface area contributed by atoms with Crippen molar-refractivity contribution in [2.45, 2.75) is 39.3 Å². The molecule has 2 aromatic carbocycles. The lowest BCUT2D eigenvalue weighted by molar-refractivity contribution is -0.385. The number of hydrogen-bond donors (Lipinski definition) is 2. The first-order valence-electron chi connectivity index (χ1n) is 11.8. The van der Waals surface area contributed by atoms with Gasteiger partial charge in [-0.2, -0.15) is 5.10 Å². The second-order valence-electron chi connectivity index (χ2n) is 8.68. The van der Waals surface area contributed by atoms with E-state index in [1.165, 1.54) is 50.6 Å². The summed E-state index contributed by atoms with van der Waals surface area (Å²) >= 11 is 12.0. The SMILES string of the molecule is C=CCOc1c(/C=N\NC(=O)[C@H](CC(C)C)NC(=O)[C@H](C)Oc2ccc(Cl)cc2Cl)cc([N+](=O)[O-])cc1OC. The standard InChI is InChI=1S/C26H30Cl2N4O7/c1-6-9-38-24-17(11-19(32(35)36)13-23(24)37-5)14-29-31-26(34)21(10-15(2)3)30-25(33)16(4)39-22-8-7-18(27)12-20(22)28/h6-8,11-16,21H,1,9-10H2,2-5H3,(H,30,33)(H,31,34)/b29-14-/t16-,21-/m0/s1. The lowest BCUT2D eigenvalue weighted by atomic mass is 10.0. The summed E-state index contributed by atoms with van der Waals surface area (Å²) in [5, 5.41) is 18.6. The molecule has 0 saturated carbocycles. The molecule has 2 rings (SSSR count). The molecule has 0 aliphatic carbocycles. The van der Waals surface area contributed by atoms with Crippen LogP contribution in [0.2, 0.25) is 10.0 Å². The van der Waals surface area contributed by atoms with Crippen molar-refractivity contribution in [3.8, 4) is 17.2 Å². The molecule has 0 heterocycles. The number of carbonyl (C=O) groups excluding carboxylic acids is 2. The van der Waals surface area contributed by atoms with Crippen molar-refractivity contribution in [3.63, 3.8) is 0 Å². The maximum atomic E-state index is 12.9. The number of hydrazone groups is 1. The Balaban J connectivity index is 2.19. The predicted octanol–water partition coefficient (Wildman–Crippen LogP) is 4.92. The van der Waals surface area contributed by atoms with Crippen molar-refractivity contribution in [1.29, 1.82) is 0 Å². The number of benzene rings is 2. The molecule has 0 aromatic heterocycles. The van der Waals surface area contributed by atoms with Gasteiger partial charge in [0.1, 0.15) is 18.4 Å². The van der Waals surface area contributed by atoms with Gasteiger partial charge in [0.15, 0.2) is 17.6 Å². The number of amides is 2. The number of carbonyl (C=O) groups is 2. The summed E-state index contributed by atoms with van der Waals surface area (Å²) in [7, 11) is 1.34. The Morgan fingerprint density at radius 1 is 1.15 bits per heavy atom. The second kappa shape index (κ2) is 14.9. The van der Waals surface area contributed by atoms with E-state index in [4.69, 9.17) is 37.4 Å². The van der Waals surface area contributed by atoms with E-state index in [0.29, 0.717) is 11.4 Å². The molecule has 210 valence electrons. The second-order valence-corrected chi connectivity index (χ2v) is 9.53. The summed E-state index contributed by atoms with van der Waals surface area (Å²) in [5.41, 5.74) is 2.30. The van der Waals surface area contributed by atoms with Gasteiger partial charge in [-0.1, -0.05) is 49.7 Å². The third kappa shape index (κ3) is 9.45. The summed E-state index contributed by atoms with van der Waals surface area (Å²) in [6, 6.07) is 6.09. The molecule has 0 spiro atoms. The monoisotopic (exact) mass is 580 g/mol. The lowest BCUT2D eigenvalue weighted by Gasteiger charge is -2.22. The minimum atomic E-state index is -0.975. The molecule has 0 saturated heterocycles. The minimum Gasteiger partial charge on any atom is -0.493 e. The van der Waals surface area contributed by atoms with Crippen LogP contribution in [0, 0.1) is 16.0 Å². The number of nitrogens with zero attached hydrogens (tertiary/aromatic N) is 2. The van der Waals surface area contributed by atoms with Crippen LogP contribution in [0.3, 0.4) is 0 Å². The molecular formula is C26H30Cl2N4O7. The number of halogens is 2. The quantitative estimate of drug-likeness (QED) is 0.140. The Bertz CT molecular complexity index is 1240. The van der Waals surface area contributed by atoms with Crippen LogP contribution >= 0.6 is 23.2 Å². The van der Waals surface area contributed by atoms with Crippen molar-refractivity contribution >= 4 is 46.9 Å². The van der Waals surface area contributed by atoms with Gasteiger partial charge in [0.05, 0.1) is 29.3 Å². The Labute approximate surface area is 236 Å². The molecule has 0 radical (unpaired) electrons. The van der Waals surface area contributed by atoms with E-state index in [1.54, 1.807) is 6.07 Å². The predicted molar refractivity (Wildman–Crippen MR) is 149 cm³/mol. The zero-order valence-electron chi connectivity index (χ0n) is 21.9. The van der Waals surface area contributed by atoms with E-state index in [9.17, 15) is 19.7 Å². The van der Waals surface area contributed by atoms with Crippen LogP contribution in [0.25, 0.3) is 0 Å². The maximum Gasteiger partial charge on any atom is 0.274 e. The summed E-state index contributed by atoms with van der Waals surface area (Å²) < 4.78 is 16.4. The number of methoxy groups -OCH3 is 1. The molecule has 2 N–H and O–H groups in total. The highest BCUT2D eigenvalue weighted by atomic mass is 35.5. The largest absolute Gasteiger partial charge is 0.493 e. The van der Waals surface area contributed by atoms with Gasteiger partial charge in [-0.25, -0.2) is 5.43 Å². The lowest BCUT2D eigenvalue weighted by Crippen LogP contribution is -2.49. The van der Waals surface area contributed by atoms with Crippen molar-refractivity contribution in [3.05, 3.63) is 68.7 Å². The fourth-order valence-corrected chi connectivity index (χ4v) is 3.76. The molecule has 39 heavy (non-hydrogen) atoms. The van der Waals surface area contributed by atoms with Gasteiger partial charge in [-0.05, 0) is 37.5 Å². The Morgan fingerprint density at radius 2 is 1.87 bits per heavy atom. The Hall–Kier alpha value is -3.83. The highest BCUT2D eigenvalue weighted by Crippen LogP contribution is 2.35. The number of rotatable bonds is 14. The van der Waals surface area contributed by atoms with Crippen LogP contribution in [0.5, 0.6) is 17.2 Å². The average Bonchev–Trinajstić information content (AvgIpc) is 2.88. The fourth-order valence-electron chi connectivity index (χ4n) is 3.31. The van der Waals surface area contributed by atoms with E-state index >= 15 is 0 Å². The molecule has 0 aliphatic heterocycles. The highest BCUT2D eigenvalue weighted by Gasteiger charge is 2.26. The molecular weight excluding hydrogens is 551 g/mol. The first kappa shape index (κ1) is 31.4. The van der Waals surface area contributed by atoms with Crippen LogP contribution in [-0.2, 0) is 9.59 Å². The van der Waals surface area contributed by atoms with Crippen LogP contribution in [-0.4, -0.2) is 48.8 Å². The summed E-state index contributed by atoms with van der Waals surface area (Å²) in [5.74, 6) is -0.546. The van der Waals surface area contributed by atoms with Crippen LogP contribution in [0.15, 0.2) is 48.1 Å². The normalized spacial score (nSPS) is 12.5. The van der Waals surface area contributed by atoms with E-state index < -0.39 is 28.9 Å². The number of hydrogen-bond acceptors (Lipinski definition) is 8. The summed E-state index contributed by atoms with van der Waals surface area (Å²) in [6.07, 6.45) is 2.01. The number of nitro benzene ring substituents is 1. The molecule has 0 fully saturated rings. The van der Waals surface area contributed by atoms with Crippen molar-refractivity contribution in [2.75, 3.05) is 13.7 Å². The van der Waals surface area contributed by atoms with E-state index in [1.807, 2.05) is 13.8 Å². The third-order valence-electron chi connectivity index (χ3n) is 5.13. The summed E-state index contributed by atoms with van der Waals surface area (Å²) in [6.45, 7) is 8.98. The number of nitrogens with one attached hydrogen (secondary N) is 2. The Morgan fingerprint density at radius 3 is 2.46 bits per heavy atom. The van der Waals surface area contributed by atoms with Gasteiger partial charge >= 0.3 is 0 Å². The number of nitro groups is 1. The Kier molecular flexibility index (Phi) is 12.0. The van der Waals surface area contributed by atoms with Crippen molar-refractivity contribution < 1.29 is 28.7 Å². The van der Waals surface area contributed by atoms with Gasteiger partial charge in [0, 0.05) is 16.7 Å². The van der Waals surface area contributed by atoms with Gasteiger partial charge in [0.2, 0.25) is 0 Å². The number of ether oxygens (including phenoxy) is 3. The fraction of sp³-hybridized carbons (Fsp3) is 0.346. The number of non-ortho nitro benzene ring substituents is 1. The molecule has 13 heteroatoms. The first-order chi connectivity index (χ1) is 18.5. The van der Waals surface area contributed by atoms with E-state index in [2.05, 4.69) is 22.4 Å². The molecule has 0 unspecified atom stereocenters. The maximum absolute atomic E-state index is 12.9. The van der Waals surface area contributed by atoms with Crippen LogP contribution in [0.1, 0.15) is 32.8 Å². The molecule has 11 nitrogen and oxygen atoms in total. The zero-order valence-corrected chi connectivity index (χ0v) is 23.4. The van der Waals surface area contributed by atoms with Crippen molar-refractivity contribution in [2.24, 2.45) is 11.0 Å². The molecule has 0 bridgehead atoms. The molecule has 0 aliphatic rings. The first-order valence-corrected chi connectivity index (χ1v) is 12.6. The highest BCUT2D eigenvalue weighted by molar-refractivity contribution is 6.35. The molecule has 2 aromatic rings. The van der Waals surface area contributed by atoms with E-state index in [-0.39, 0.29) is 46.0 Å². The van der Waals surface area contributed by atoms with Crippen LogP contribution < -0.4 is 25.0 Å². The van der Waals surface area contributed by atoms with Crippen molar-refractivity contribution in [1.82, 2.24) is 10.7 Å². The summed E-state index contributed by atoms with van der Waals surface area (Å²) in [4.78, 5) is 36.5. The molecule has 2 amide bonds. The smallest absolute Gasteiger partial charge is 0.274 e. The van der Waals surface area contributed by atoms with Gasteiger partial charge < -0.3 is 19.5 Å². The minimum absolute atomic E-state index is 0.0481. The van der Waals surface area contributed by atoms with Gasteiger partial charge in [0.25, 0.3) is 17.5 Å². The molecule has 2 atom stereocenters. The van der Waals surface area contributed by atoms with Gasteiger partial charge in [-0.3, -0.25) is 19.7 Å².